The van der Waals surface area contributed by atoms with Crippen molar-refractivity contribution in [2.24, 2.45) is 0 Å². The van der Waals surface area contributed by atoms with E-state index in [0.717, 1.165) is 0 Å². The van der Waals surface area contributed by atoms with Crippen LogP contribution in [0.15, 0.2) is 12.7 Å². The maximum Gasteiger partial charge on any atom is 0.265 e. The molecule has 3 rings (SSSR count). The first-order chi connectivity index (χ1) is 19.0. The summed E-state index contributed by atoms with van der Waals surface area (Å²) in [7, 11) is -4.97. The molecule has 2 aromatic rings. The summed E-state index contributed by atoms with van der Waals surface area (Å²) < 4.78 is 23.0. The molecule has 0 bridgehead atoms. The van der Waals surface area contributed by atoms with E-state index in [4.69, 9.17) is 15.4 Å². The van der Waals surface area contributed by atoms with E-state index in [1.54, 1.807) is 0 Å². The van der Waals surface area contributed by atoms with E-state index < -0.39 is 39.0 Å². The van der Waals surface area contributed by atoms with E-state index in [2.05, 4.69) is 47.2 Å². The molecule has 230 valence electrons. The third-order valence-corrected chi connectivity index (χ3v) is 7.82. The van der Waals surface area contributed by atoms with Crippen molar-refractivity contribution in [3.8, 4) is 0 Å². The van der Waals surface area contributed by atoms with Crippen molar-refractivity contribution in [1.29, 1.82) is 0 Å². The Hall–Kier alpha value is -1.70. The van der Waals surface area contributed by atoms with Gasteiger partial charge in [0.15, 0.2) is 17.7 Å². The number of phosphoric ester groups is 1. The molecule has 0 radical (unpaired) electrons. The summed E-state index contributed by atoms with van der Waals surface area (Å²) in [6, 6.07) is 0. The number of rotatable bonds is 16. The predicted molar refractivity (Wildman–Crippen MR) is 151 cm³/mol. The summed E-state index contributed by atoms with van der Waals surface area (Å²) in [5, 5.41) is 20.0. The summed E-state index contributed by atoms with van der Waals surface area (Å²) in [6.45, 7) is 14.4. The Balaban J connectivity index is 0.000000296. The Kier molecular flexibility index (Phi) is 14.4. The minimum atomic E-state index is -4.97. The Morgan fingerprint density at radius 1 is 0.975 bits per heavy atom. The molecule has 14 heteroatoms. The maximum atomic E-state index is 10.6. The molecule has 0 saturated carbocycles. The van der Waals surface area contributed by atoms with Gasteiger partial charge in [0.25, 0.3) is 7.82 Å². The van der Waals surface area contributed by atoms with Crippen LogP contribution >= 0.6 is 7.82 Å². The predicted octanol–water partition coefficient (Wildman–Crippen LogP) is 2.51. The SMILES string of the molecule is CCCC[N+](CCCC)(CCCC)CCCC.Nc1ncnc2c1ncn2[C@@H]1O[C@H](COP(=O)([O-])O)[C@@H](O)[C@H]1O. The molecule has 1 aliphatic heterocycles. The fourth-order valence-corrected chi connectivity index (χ4v) is 5.30. The van der Waals surface area contributed by atoms with Gasteiger partial charge in [-0.15, -0.1) is 0 Å². The molecule has 0 aliphatic carbocycles. The van der Waals surface area contributed by atoms with Crippen LogP contribution < -0.4 is 10.6 Å². The lowest BCUT2D eigenvalue weighted by Crippen LogP contribution is -2.50. The van der Waals surface area contributed by atoms with Crippen LogP contribution in [-0.4, -0.2) is 90.2 Å². The molecule has 0 amide bonds. The Morgan fingerprint density at radius 2 is 1.50 bits per heavy atom. The van der Waals surface area contributed by atoms with Gasteiger partial charge in [-0.2, -0.15) is 0 Å². The van der Waals surface area contributed by atoms with Crippen LogP contribution in [0.5, 0.6) is 0 Å². The van der Waals surface area contributed by atoms with Crippen molar-refractivity contribution in [2.75, 3.05) is 38.5 Å². The average molecular weight is 589 g/mol. The van der Waals surface area contributed by atoms with Gasteiger partial charge < -0.3 is 39.5 Å². The number of hydrogen-bond donors (Lipinski definition) is 4. The van der Waals surface area contributed by atoms with Gasteiger partial charge in [0.1, 0.15) is 30.2 Å². The van der Waals surface area contributed by atoms with Crippen molar-refractivity contribution in [2.45, 2.75) is 104 Å². The van der Waals surface area contributed by atoms with Crippen molar-refractivity contribution < 1.29 is 38.3 Å². The van der Waals surface area contributed by atoms with Gasteiger partial charge in [-0.25, -0.2) is 15.0 Å². The molecule has 2 aromatic heterocycles. The summed E-state index contributed by atoms with van der Waals surface area (Å²) in [6.07, 6.45) is 8.44. The second-order valence-electron chi connectivity index (χ2n) is 10.5. The van der Waals surface area contributed by atoms with Gasteiger partial charge in [0.05, 0.1) is 39.1 Å². The number of nitrogen functional groups attached to an aromatic ring is 1. The minimum Gasteiger partial charge on any atom is -0.756 e. The number of aliphatic hydroxyl groups excluding tert-OH is 2. The molecule has 0 aromatic carbocycles. The molecule has 13 nitrogen and oxygen atoms in total. The fourth-order valence-electron chi connectivity index (χ4n) is 4.97. The summed E-state index contributed by atoms with van der Waals surface area (Å²) in [5.41, 5.74) is 6.22. The van der Waals surface area contributed by atoms with Crippen molar-refractivity contribution in [3.05, 3.63) is 12.7 Å². The first-order valence-electron chi connectivity index (χ1n) is 14.5. The highest BCUT2D eigenvalue weighted by atomic mass is 31.2. The van der Waals surface area contributed by atoms with E-state index in [1.807, 2.05) is 0 Å². The zero-order chi connectivity index (χ0) is 29.8. The van der Waals surface area contributed by atoms with Crippen LogP contribution in [0.25, 0.3) is 11.2 Å². The Labute approximate surface area is 237 Å². The highest BCUT2D eigenvalue weighted by molar-refractivity contribution is 7.44. The number of nitrogens with zero attached hydrogens (tertiary/aromatic N) is 5. The number of nitrogens with two attached hydrogens (primary N) is 1. The smallest absolute Gasteiger partial charge is 0.265 e. The number of hydrogen-bond acceptors (Lipinski definition) is 10. The minimum absolute atomic E-state index is 0.134. The first-order valence-corrected chi connectivity index (χ1v) is 16.0. The molecule has 3 heterocycles. The molecule has 1 unspecified atom stereocenters. The molecule has 0 spiro atoms. The lowest BCUT2D eigenvalue weighted by molar-refractivity contribution is -0.929. The molecule has 1 aliphatic rings. The van der Waals surface area contributed by atoms with Gasteiger partial charge >= 0.3 is 0 Å². The normalized spacial score (nSPS) is 22.7. The molecule has 5 atom stereocenters. The van der Waals surface area contributed by atoms with Crippen LogP contribution in [0.3, 0.4) is 0 Å². The number of phosphoric acid groups is 1. The highest BCUT2D eigenvalue weighted by Crippen LogP contribution is 2.36. The molecular formula is C26H49N6O7P. The van der Waals surface area contributed by atoms with Crippen molar-refractivity contribution in [3.63, 3.8) is 0 Å². The Bertz CT molecular complexity index is 1010. The van der Waals surface area contributed by atoms with Gasteiger partial charge in [0.2, 0.25) is 0 Å². The third-order valence-electron chi connectivity index (χ3n) is 7.34. The van der Waals surface area contributed by atoms with Crippen LogP contribution in [0, 0.1) is 0 Å². The number of anilines is 1. The summed E-state index contributed by atoms with van der Waals surface area (Å²) in [4.78, 5) is 31.0. The highest BCUT2D eigenvalue weighted by Gasteiger charge is 2.44. The average Bonchev–Trinajstić information content (AvgIpc) is 3.48. The van der Waals surface area contributed by atoms with Crippen molar-refractivity contribution in [1.82, 2.24) is 19.5 Å². The summed E-state index contributed by atoms with van der Waals surface area (Å²) in [5.74, 6) is 0.134. The van der Waals surface area contributed by atoms with Gasteiger partial charge in [-0.3, -0.25) is 9.13 Å². The standard InChI is InChI=1S/C16H36N.C10H14N5O7P/c1-5-9-13-17(14-10-6-2,15-11-7-3)16-12-8-4;11-8-5-9(13-2-12-8)15(3-14-5)10-7(17)6(16)4(22-10)1-21-23(18,19)20/h5-16H2,1-4H3;2-4,6-7,10,16-17H,1H2,(H2,11,12,13)(H2,18,19,20)/q+1;/p-1/t;4-,6-,7-,10-/m.1/s1. The largest absolute Gasteiger partial charge is 0.756 e. The van der Waals surface area contributed by atoms with Crippen LogP contribution in [-0.2, 0) is 13.8 Å². The van der Waals surface area contributed by atoms with Gasteiger partial charge in [-0.05, 0) is 25.7 Å². The number of aromatic nitrogens is 4. The third kappa shape index (κ3) is 9.99. The van der Waals surface area contributed by atoms with Crippen LogP contribution in [0.4, 0.5) is 5.82 Å². The maximum absolute atomic E-state index is 10.6. The molecule has 5 N–H and O–H groups in total. The number of quaternary nitrogens is 1. The zero-order valence-electron chi connectivity index (χ0n) is 24.4. The lowest BCUT2D eigenvalue weighted by atomic mass is 10.1. The van der Waals surface area contributed by atoms with Crippen LogP contribution in [0.2, 0.25) is 0 Å². The molecule has 40 heavy (non-hydrogen) atoms. The Morgan fingerprint density at radius 3 is 1.98 bits per heavy atom. The fraction of sp³-hybridized carbons (Fsp3) is 0.808. The van der Waals surface area contributed by atoms with E-state index in [-0.39, 0.29) is 17.0 Å². The molecular weight excluding hydrogens is 539 g/mol. The van der Waals surface area contributed by atoms with E-state index >= 15 is 0 Å². The topological polar surface area (TPSA) is 189 Å². The molecule has 1 saturated heterocycles. The van der Waals surface area contributed by atoms with Crippen molar-refractivity contribution >= 4 is 24.8 Å². The van der Waals surface area contributed by atoms with E-state index in [0.29, 0.717) is 0 Å². The number of ether oxygens (including phenoxy) is 1. The molecule has 1 fully saturated rings. The number of aliphatic hydroxyl groups is 2. The monoisotopic (exact) mass is 588 g/mol. The van der Waals surface area contributed by atoms with Gasteiger partial charge in [0, 0.05) is 0 Å². The van der Waals surface area contributed by atoms with E-state index in [9.17, 15) is 19.7 Å². The number of fused-ring (bicyclic) bond motifs is 1. The zero-order valence-corrected chi connectivity index (χ0v) is 25.3. The number of unbranched alkanes of at least 4 members (excludes halogenated alkanes) is 4. The second-order valence-corrected chi connectivity index (χ2v) is 11.7. The van der Waals surface area contributed by atoms with Crippen LogP contribution in [0.1, 0.15) is 85.3 Å². The lowest BCUT2D eigenvalue weighted by Gasteiger charge is -2.39. The van der Waals surface area contributed by atoms with E-state index in [1.165, 1.54) is 99.3 Å². The summed E-state index contributed by atoms with van der Waals surface area (Å²) >= 11 is 0. The quantitative estimate of drug-likeness (QED) is 0.167. The first kappa shape index (κ1) is 34.5. The van der Waals surface area contributed by atoms with Gasteiger partial charge in [-0.1, -0.05) is 53.4 Å². The second kappa shape index (κ2) is 16.7. The number of imidazole rings is 1.